The normalized spacial score (nSPS) is 23.8. The lowest BCUT2D eigenvalue weighted by Gasteiger charge is -2.36. The molecule has 0 radical (unpaired) electrons. The van der Waals surface area contributed by atoms with E-state index in [4.69, 9.17) is 0 Å². The molecule has 4 heteroatoms. The summed E-state index contributed by atoms with van der Waals surface area (Å²) in [6.45, 7) is 9.97. The zero-order chi connectivity index (χ0) is 10.6. The van der Waals surface area contributed by atoms with Crippen LogP contribution in [0.3, 0.4) is 0 Å². The molecule has 1 aliphatic heterocycles. The molecule has 14 heavy (non-hydrogen) atoms. The monoisotopic (exact) mass is 201 g/mol. The lowest BCUT2D eigenvalue weighted by molar-refractivity contribution is -0.0656. The Morgan fingerprint density at radius 3 is 2.50 bits per heavy atom. The molecule has 1 rings (SSSR count). The van der Waals surface area contributed by atoms with Gasteiger partial charge in [-0.2, -0.15) is 0 Å². The first-order valence-corrected chi connectivity index (χ1v) is 5.45. The van der Waals surface area contributed by atoms with Crippen LogP contribution in [0.15, 0.2) is 0 Å². The van der Waals surface area contributed by atoms with Crippen molar-refractivity contribution in [1.82, 2.24) is 15.8 Å². The van der Waals surface area contributed by atoms with E-state index >= 15 is 0 Å². The number of nitrogens with zero attached hydrogens (tertiary/aromatic N) is 1. The van der Waals surface area contributed by atoms with Gasteiger partial charge in [-0.1, -0.05) is 13.8 Å². The van der Waals surface area contributed by atoms with Gasteiger partial charge < -0.3 is 10.4 Å². The van der Waals surface area contributed by atoms with Gasteiger partial charge in [0.05, 0.1) is 0 Å². The molecule has 0 bridgehead atoms. The molecule has 4 nitrogen and oxygen atoms in total. The lowest BCUT2D eigenvalue weighted by atomic mass is 10.0. The molecule has 1 saturated heterocycles. The van der Waals surface area contributed by atoms with Crippen LogP contribution in [-0.2, 0) is 0 Å². The highest BCUT2D eigenvalue weighted by Gasteiger charge is 2.24. The minimum absolute atomic E-state index is 0.500. The molecular weight excluding hydrogens is 178 g/mol. The Balaban J connectivity index is 2.32. The van der Waals surface area contributed by atoms with E-state index in [0.717, 1.165) is 32.6 Å². The third-order valence-corrected chi connectivity index (χ3v) is 2.32. The number of hydrogen-bond donors (Lipinski definition) is 3. The van der Waals surface area contributed by atoms with Crippen molar-refractivity contribution in [2.75, 3.05) is 26.2 Å². The van der Waals surface area contributed by atoms with E-state index in [1.807, 2.05) is 6.92 Å². The average molecular weight is 201 g/mol. The number of nitrogens with one attached hydrogen (secondary N) is 2. The third-order valence-electron chi connectivity index (χ3n) is 2.32. The maximum absolute atomic E-state index is 10.1. The minimum Gasteiger partial charge on any atom is -0.375 e. The van der Waals surface area contributed by atoms with Gasteiger partial charge in [-0.15, -0.1) is 0 Å². The van der Waals surface area contributed by atoms with Gasteiger partial charge >= 0.3 is 0 Å². The first-order chi connectivity index (χ1) is 6.49. The molecule has 1 heterocycles. The molecule has 0 aliphatic carbocycles. The van der Waals surface area contributed by atoms with Crippen LogP contribution in [0.25, 0.3) is 0 Å². The van der Waals surface area contributed by atoms with Crippen molar-refractivity contribution >= 4 is 0 Å². The van der Waals surface area contributed by atoms with Crippen LogP contribution in [0.5, 0.6) is 0 Å². The molecule has 0 saturated carbocycles. The summed E-state index contributed by atoms with van der Waals surface area (Å²) in [5.41, 5.74) is 2.40. The highest BCUT2D eigenvalue weighted by molar-refractivity contribution is 4.73. The molecule has 1 fully saturated rings. The summed E-state index contributed by atoms with van der Waals surface area (Å²) in [6.07, 6.45) is 0.775. The van der Waals surface area contributed by atoms with E-state index in [2.05, 4.69) is 29.6 Å². The highest BCUT2D eigenvalue weighted by atomic mass is 16.3. The molecule has 84 valence electrons. The number of hydrogen-bond acceptors (Lipinski definition) is 4. The first kappa shape index (κ1) is 11.9. The quantitative estimate of drug-likeness (QED) is 0.567. The van der Waals surface area contributed by atoms with E-state index in [0.29, 0.717) is 5.92 Å². The number of aliphatic hydroxyl groups is 1. The van der Waals surface area contributed by atoms with Crippen LogP contribution in [-0.4, -0.2) is 42.0 Å². The molecule has 1 atom stereocenters. The Bertz CT molecular complexity index is 165. The second-order valence-corrected chi connectivity index (χ2v) is 4.72. The predicted octanol–water partition coefficient (Wildman–Crippen LogP) is 0.151. The van der Waals surface area contributed by atoms with Crippen LogP contribution in [0, 0.1) is 5.92 Å². The Labute approximate surface area is 86.6 Å². The molecule has 0 aromatic heterocycles. The molecule has 1 unspecified atom stereocenters. The largest absolute Gasteiger partial charge is 0.375 e. The second-order valence-electron chi connectivity index (χ2n) is 4.72. The van der Waals surface area contributed by atoms with Crippen molar-refractivity contribution in [1.29, 1.82) is 0 Å². The minimum atomic E-state index is -0.772. The van der Waals surface area contributed by atoms with E-state index in [9.17, 15) is 5.11 Å². The molecule has 0 spiro atoms. The fourth-order valence-corrected chi connectivity index (χ4v) is 1.96. The summed E-state index contributed by atoms with van der Waals surface area (Å²) in [5.74, 6) is 0.500. The summed E-state index contributed by atoms with van der Waals surface area (Å²) in [7, 11) is 0. The second kappa shape index (κ2) is 5.07. The zero-order valence-corrected chi connectivity index (χ0v) is 9.51. The highest BCUT2D eigenvalue weighted by Crippen LogP contribution is 2.13. The summed E-state index contributed by atoms with van der Waals surface area (Å²) < 4.78 is 0. The third kappa shape index (κ3) is 4.37. The van der Waals surface area contributed by atoms with Crippen molar-refractivity contribution in [2.24, 2.45) is 5.92 Å². The van der Waals surface area contributed by atoms with Gasteiger partial charge in [-0.3, -0.25) is 0 Å². The first-order valence-electron chi connectivity index (χ1n) is 5.45. The van der Waals surface area contributed by atoms with E-state index in [1.165, 1.54) is 0 Å². The molecule has 0 amide bonds. The molecule has 1 aliphatic rings. The Hall–Kier alpha value is -0.160. The Morgan fingerprint density at radius 2 is 2.00 bits per heavy atom. The van der Waals surface area contributed by atoms with Crippen molar-refractivity contribution in [3.63, 3.8) is 0 Å². The van der Waals surface area contributed by atoms with Gasteiger partial charge in [0.25, 0.3) is 0 Å². The maximum atomic E-state index is 10.1. The van der Waals surface area contributed by atoms with Crippen LogP contribution in [0.4, 0.5) is 0 Å². The van der Waals surface area contributed by atoms with Crippen LogP contribution < -0.4 is 10.7 Å². The summed E-state index contributed by atoms with van der Waals surface area (Å²) in [4.78, 5) is 0. The predicted molar refractivity (Wildman–Crippen MR) is 57.7 cm³/mol. The van der Waals surface area contributed by atoms with Gasteiger partial charge in [0.1, 0.15) is 5.72 Å². The van der Waals surface area contributed by atoms with Crippen molar-refractivity contribution < 1.29 is 5.11 Å². The van der Waals surface area contributed by atoms with Crippen LogP contribution in [0.1, 0.15) is 27.2 Å². The van der Waals surface area contributed by atoms with Crippen molar-refractivity contribution in [2.45, 2.75) is 32.9 Å². The topological polar surface area (TPSA) is 47.5 Å². The summed E-state index contributed by atoms with van der Waals surface area (Å²) >= 11 is 0. The Morgan fingerprint density at radius 1 is 1.43 bits per heavy atom. The van der Waals surface area contributed by atoms with Crippen molar-refractivity contribution in [3.8, 4) is 0 Å². The zero-order valence-electron chi connectivity index (χ0n) is 9.51. The standard InChI is InChI=1S/C10H23N3O/c1-9(2)8-10(3,14)12-13-6-4-11-5-7-13/h9,11-12,14H,4-8H2,1-3H3. The fourth-order valence-electron chi connectivity index (χ4n) is 1.96. The van der Waals surface area contributed by atoms with Gasteiger partial charge in [0, 0.05) is 26.2 Å². The summed E-state index contributed by atoms with van der Waals surface area (Å²) in [5, 5.41) is 15.4. The van der Waals surface area contributed by atoms with Gasteiger partial charge in [-0.05, 0) is 19.3 Å². The molecular formula is C10H23N3O. The molecule has 0 aromatic rings. The SMILES string of the molecule is CC(C)CC(C)(O)NN1CCNCC1. The number of piperazine rings is 1. The van der Waals surface area contributed by atoms with Gasteiger partial charge in [0.2, 0.25) is 0 Å². The van der Waals surface area contributed by atoms with Gasteiger partial charge in [-0.25, -0.2) is 10.4 Å². The average Bonchev–Trinajstić information content (AvgIpc) is 2.02. The van der Waals surface area contributed by atoms with Crippen LogP contribution in [0.2, 0.25) is 0 Å². The van der Waals surface area contributed by atoms with Crippen molar-refractivity contribution in [3.05, 3.63) is 0 Å². The fraction of sp³-hybridized carbons (Fsp3) is 1.00. The van der Waals surface area contributed by atoms with E-state index in [-0.39, 0.29) is 0 Å². The lowest BCUT2D eigenvalue weighted by Crippen LogP contribution is -2.58. The van der Waals surface area contributed by atoms with E-state index in [1.54, 1.807) is 0 Å². The number of rotatable bonds is 4. The maximum Gasteiger partial charge on any atom is 0.125 e. The molecule has 3 N–H and O–H groups in total. The summed E-state index contributed by atoms with van der Waals surface area (Å²) in [6, 6.07) is 0. The number of hydrazine groups is 1. The Kier molecular flexibility index (Phi) is 4.31. The van der Waals surface area contributed by atoms with Gasteiger partial charge in [0.15, 0.2) is 0 Å². The van der Waals surface area contributed by atoms with E-state index < -0.39 is 5.72 Å². The van der Waals surface area contributed by atoms with Crippen LogP contribution >= 0.6 is 0 Å². The molecule has 0 aromatic carbocycles. The smallest absolute Gasteiger partial charge is 0.125 e.